The summed E-state index contributed by atoms with van der Waals surface area (Å²) in [7, 11) is 0. The molecule has 236 valence electrons. The number of anilines is 4. The molecule has 18 heteroatoms. The van der Waals surface area contributed by atoms with Gasteiger partial charge in [0.1, 0.15) is 6.04 Å². The Hall–Kier alpha value is -6.46. The Morgan fingerprint density at radius 1 is 1.00 bits per heavy atom. The first-order valence-electron chi connectivity index (χ1n) is 13.9. The number of nitrogens with two attached hydrogens (primary N) is 3. The number of carbonyl (C=O) groups excluding carboxylic acids is 2. The van der Waals surface area contributed by atoms with Crippen molar-refractivity contribution in [1.82, 2.24) is 51.2 Å². The van der Waals surface area contributed by atoms with Gasteiger partial charge in [0, 0.05) is 23.5 Å². The summed E-state index contributed by atoms with van der Waals surface area (Å²) in [6.45, 7) is 2.28. The number of H-pyrrole nitrogens is 1. The van der Waals surface area contributed by atoms with E-state index in [1.807, 2.05) is 6.92 Å². The van der Waals surface area contributed by atoms with Crippen LogP contribution in [0.2, 0.25) is 0 Å². The van der Waals surface area contributed by atoms with Gasteiger partial charge in [-0.1, -0.05) is 11.6 Å². The molecule has 5 rings (SSSR count). The average Bonchev–Trinajstić information content (AvgIpc) is 3.56. The number of amides is 2. The van der Waals surface area contributed by atoms with Gasteiger partial charge in [0.25, 0.3) is 11.8 Å². The highest BCUT2D eigenvalue weighted by Crippen LogP contribution is 2.22. The summed E-state index contributed by atoms with van der Waals surface area (Å²) in [6, 6.07) is 8.64. The number of carboxylic acids is 1. The third kappa shape index (κ3) is 7.18. The fourth-order valence-electron chi connectivity index (χ4n) is 4.55. The predicted molar refractivity (Wildman–Crippen MR) is 167 cm³/mol. The van der Waals surface area contributed by atoms with E-state index in [1.165, 1.54) is 12.3 Å². The molecule has 1 atom stereocenters. The number of aryl methyl sites for hydroxylation is 1. The molecule has 18 nitrogen and oxygen atoms in total. The molecule has 0 aliphatic carbocycles. The first kappa shape index (κ1) is 31.0. The molecule has 0 aliphatic heterocycles. The summed E-state index contributed by atoms with van der Waals surface area (Å²) in [5.41, 5.74) is 21.3. The standard InChI is InChI=1S/C28H30N14O4/c1-13-4-6-16(18(9-13)23-39-41-42-40-23)25(43)32-8-2-3-20(27(45)46)36-26(44)17-7-5-14(10-19(17)29)33-11-15-12-34-24-21(35-15)22(30)37-28(31)38-24/h4-7,9-10,12,20,33H,2-3,8,11,29H2,1H3,(H,32,43)(H,36,44)(H,45,46)(H,39,40,41,42)(H4,30,31,34,37,38)/t20-/m0/s1. The number of nitrogens with one attached hydrogen (secondary N) is 4. The van der Waals surface area contributed by atoms with E-state index in [4.69, 9.17) is 17.2 Å². The maximum atomic E-state index is 12.9. The molecule has 2 amide bonds. The highest BCUT2D eigenvalue weighted by molar-refractivity contribution is 6.01. The molecule has 0 unspecified atom stereocenters. The number of benzene rings is 2. The maximum Gasteiger partial charge on any atom is 0.326 e. The average molecular weight is 627 g/mol. The van der Waals surface area contributed by atoms with Crippen molar-refractivity contribution in [2.75, 3.05) is 29.1 Å². The molecule has 0 aliphatic rings. The lowest BCUT2D eigenvalue weighted by atomic mass is 10.0. The summed E-state index contributed by atoms with van der Waals surface area (Å²) >= 11 is 0. The zero-order valence-corrected chi connectivity index (χ0v) is 24.5. The molecule has 0 spiro atoms. The number of hydrogen-bond donors (Lipinski definition) is 8. The number of aromatic nitrogens is 8. The predicted octanol–water partition coefficient (Wildman–Crippen LogP) is 0.660. The highest BCUT2D eigenvalue weighted by Gasteiger charge is 2.22. The Morgan fingerprint density at radius 2 is 1.80 bits per heavy atom. The van der Waals surface area contributed by atoms with Crippen LogP contribution in [0, 0.1) is 6.92 Å². The lowest BCUT2D eigenvalue weighted by Gasteiger charge is -2.16. The van der Waals surface area contributed by atoms with Crippen molar-refractivity contribution in [3.63, 3.8) is 0 Å². The van der Waals surface area contributed by atoms with Crippen molar-refractivity contribution in [1.29, 1.82) is 0 Å². The lowest BCUT2D eigenvalue weighted by molar-refractivity contribution is -0.139. The smallest absolute Gasteiger partial charge is 0.326 e. The van der Waals surface area contributed by atoms with Crippen LogP contribution in [0.1, 0.15) is 44.8 Å². The number of hydrogen-bond acceptors (Lipinski definition) is 14. The number of tetrazole rings is 1. The van der Waals surface area contributed by atoms with E-state index < -0.39 is 17.9 Å². The molecule has 0 saturated carbocycles. The third-order valence-electron chi connectivity index (χ3n) is 6.84. The van der Waals surface area contributed by atoms with E-state index in [1.54, 1.807) is 30.3 Å². The van der Waals surface area contributed by atoms with Crippen molar-refractivity contribution in [2.45, 2.75) is 32.4 Å². The summed E-state index contributed by atoms with van der Waals surface area (Å²) in [6.07, 6.45) is 1.84. The van der Waals surface area contributed by atoms with Crippen molar-refractivity contribution in [2.24, 2.45) is 0 Å². The quantitative estimate of drug-likeness (QED) is 0.0697. The number of rotatable bonds is 12. The third-order valence-corrected chi connectivity index (χ3v) is 6.84. The van der Waals surface area contributed by atoms with Crippen molar-refractivity contribution in [3.05, 3.63) is 65.0 Å². The molecule has 0 bridgehead atoms. The van der Waals surface area contributed by atoms with E-state index in [-0.39, 0.29) is 66.3 Å². The Morgan fingerprint density at radius 3 is 2.54 bits per heavy atom. The largest absolute Gasteiger partial charge is 0.480 e. The topological polar surface area (TPSA) is 292 Å². The van der Waals surface area contributed by atoms with E-state index in [0.717, 1.165) is 5.56 Å². The first-order valence-corrected chi connectivity index (χ1v) is 13.9. The zero-order chi connectivity index (χ0) is 32.8. The molecule has 46 heavy (non-hydrogen) atoms. The van der Waals surface area contributed by atoms with E-state index >= 15 is 0 Å². The lowest BCUT2D eigenvalue weighted by Crippen LogP contribution is -2.41. The monoisotopic (exact) mass is 626 g/mol. The summed E-state index contributed by atoms with van der Waals surface area (Å²) in [5.74, 6) is -1.87. The fourth-order valence-corrected chi connectivity index (χ4v) is 4.55. The van der Waals surface area contributed by atoms with Crippen LogP contribution in [0.4, 0.5) is 23.1 Å². The van der Waals surface area contributed by atoms with Gasteiger partial charge in [-0.05, 0) is 55.3 Å². The van der Waals surface area contributed by atoms with Crippen molar-refractivity contribution in [3.8, 4) is 11.4 Å². The number of carbonyl (C=O) groups is 3. The van der Waals surface area contributed by atoms with Crippen LogP contribution in [0.5, 0.6) is 0 Å². The number of aromatic amines is 1. The Labute approximate surface area is 260 Å². The molecule has 11 N–H and O–H groups in total. The molecule has 0 fully saturated rings. The molecule has 5 aromatic rings. The molecule has 3 aromatic heterocycles. The van der Waals surface area contributed by atoms with Crippen LogP contribution < -0.4 is 33.2 Å². The van der Waals surface area contributed by atoms with Crippen LogP contribution in [0.3, 0.4) is 0 Å². The maximum absolute atomic E-state index is 12.9. The van der Waals surface area contributed by atoms with Gasteiger partial charge in [-0.15, -0.1) is 10.2 Å². The minimum absolute atomic E-state index is 0.00108. The normalized spacial score (nSPS) is 11.6. The number of nitrogen functional groups attached to an aromatic ring is 3. The molecule has 0 radical (unpaired) electrons. The molecule has 0 saturated heterocycles. The Bertz CT molecular complexity index is 1910. The number of nitrogens with zero attached hydrogens (tertiary/aromatic N) is 7. The van der Waals surface area contributed by atoms with Crippen LogP contribution in [-0.2, 0) is 11.3 Å². The van der Waals surface area contributed by atoms with Gasteiger partial charge in [0.15, 0.2) is 17.0 Å². The first-order chi connectivity index (χ1) is 22.1. The van der Waals surface area contributed by atoms with E-state index in [2.05, 4.69) is 56.5 Å². The molecule has 3 heterocycles. The molecular formula is C28H30N14O4. The fraction of sp³-hybridized carbons (Fsp3) is 0.214. The van der Waals surface area contributed by atoms with Gasteiger partial charge in [0.05, 0.1) is 29.6 Å². The van der Waals surface area contributed by atoms with E-state index in [0.29, 0.717) is 28.0 Å². The van der Waals surface area contributed by atoms with Gasteiger partial charge in [-0.3, -0.25) is 9.59 Å². The van der Waals surface area contributed by atoms with Crippen LogP contribution in [-0.4, -0.2) is 76.0 Å². The minimum atomic E-state index is -1.22. The minimum Gasteiger partial charge on any atom is -0.480 e. The summed E-state index contributed by atoms with van der Waals surface area (Å²) < 4.78 is 0. The number of fused-ring (bicyclic) bond motifs is 1. The van der Waals surface area contributed by atoms with Crippen LogP contribution in [0.25, 0.3) is 22.6 Å². The van der Waals surface area contributed by atoms with Crippen LogP contribution in [0.15, 0.2) is 42.6 Å². The number of carboxylic acid groups (broad SMARTS) is 1. The Kier molecular flexibility index (Phi) is 9.06. The van der Waals surface area contributed by atoms with Gasteiger partial charge < -0.3 is 38.3 Å². The van der Waals surface area contributed by atoms with Gasteiger partial charge >= 0.3 is 5.97 Å². The SMILES string of the molecule is Cc1ccc(C(=O)NCCC[C@H](NC(=O)c2ccc(NCc3cnc4nc(N)nc(N)c4n3)cc2N)C(=O)O)c(-c2nn[nH]n2)c1. The summed E-state index contributed by atoms with van der Waals surface area (Å²) in [5, 5.41) is 31.9. The summed E-state index contributed by atoms with van der Waals surface area (Å²) in [4.78, 5) is 54.2. The van der Waals surface area contributed by atoms with Gasteiger partial charge in [-0.25, -0.2) is 14.8 Å². The second-order valence-corrected chi connectivity index (χ2v) is 10.2. The second-order valence-electron chi connectivity index (χ2n) is 10.2. The zero-order valence-electron chi connectivity index (χ0n) is 24.5. The second kappa shape index (κ2) is 13.5. The van der Waals surface area contributed by atoms with Gasteiger partial charge in [-0.2, -0.15) is 15.2 Å². The van der Waals surface area contributed by atoms with E-state index in [9.17, 15) is 19.5 Å². The van der Waals surface area contributed by atoms with Crippen LogP contribution >= 0.6 is 0 Å². The van der Waals surface area contributed by atoms with Crippen molar-refractivity contribution >= 4 is 52.1 Å². The number of aliphatic carboxylic acids is 1. The molecule has 2 aromatic carbocycles. The van der Waals surface area contributed by atoms with Crippen molar-refractivity contribution < 1.29 is 19.5 Å². The Balaban J connectivity index is 1.14. The highest BCUT2D eigenvalue weighted by atomic mass is 16.4. The molecular weight excluding hydrogens is 596 g/mol. The van der Waals surface area contributed by atoms with Gasteiger partial charge in [0.2, 0.25) is 11.8 Å².